The summed E-state index contributed by atoms with van der Waals surface area (Å²) in [6, 6.07) is 9.90. The fourth-order valence-electron chi connectivity index (χ4n) is 2.70. The van der Waals surface area contributed by atoms with Crippen LogP contribution in [0.25, 0.3) is 0 Å². The maximum atomic E-state index is 12.6. The van der Waals surface area contributed by atoms with Gasteiger partial charge in [0.25, 0.3) is 0 Å². The molecular weight excluding hydrogens is 332 g/mol. The first-order valence-corrected chi connectivity index (χ1v) is 10.7. The van der Waals surface area contributed by atoms with Crippen LogP contribution >= 0.6 is 11.8 Å². The maximum Gasteiger partial charge on any atom is 0.235 e. The molecule has 0 aliphatic carbocycles. The van der Waals surface area contributed by atoms with Crippen molar-refractivity contribution in [3.05, 3.63) is 35.9 Å². The van der Waals surface area contributed by atoms with Gasteiger partial charge in [0.05, 0.1) is 11.5 Å². The summed E-state index contributed by atoms with van der Waals surface area (Å²) in [4.78, 5) is 14.3. The molecule has 1 saturated heterocycles. The van der Waals surface area contributed by atoms with Crippen molar-refractivity contribution in [2.45, 2.75) is 36.8 Å². The van der Waals surface area contributed by atoms with Gasteiger partial charge in [-0.05, 0) is 25.3 Å². The lowest BCUT2D eigenvalue weighted by molar-refractivity contribution is -0.131. The van der Waals surface area contributed by atoms with Gasteiger partial charge in [0.1, 0.15) is 0 Å². The number of benzene rings is 1. The summed E-state index contributed by atoms with van der Waals surface area (Å²) in [6.07, 6.45) is 2.77. The molecule has 0 radical (unpaired) electrons. The lowest BCUT2D eigenvalue weighted by atomic mass is 10.1. The molecule has 23 heavy (non-hydrogen) atoms. The third-order valence-electron chi connectivity index (χ3n) is 3.80. The van der Waals surface area contributed by atoms with Crippen LogP contribution in [0.3, 0.4) is 0 Å². The second-order valence-electron chi connectivity index (χ2n) is 5.95. The molecular formula is C16H24N2O3S2. The minimum Gasteiger partial charge on any atom is -0.340 e. The number of hydrogen-bond donors (Lipinski definition) is 1. The minimum absolute atomic E-state index is 0.0888. The Morgan fingerprint density at radius 1 is 1.39 bits per heavy atom. The quantitative estimate of drug-likeness (QED) is 0.845. The summed E-state index contributed by atoms with van der Waals surface area (Å²) in [5.74, 6) is 0.887. The summed E-state index contributed by atoms with van der Waals surface area (Å²) in [5, 5.41) is -0.132. The van der Waals surface area contributed by atoms with Crippen LogP contribution in [0.5, 0.6) is 0 Å². The van der Waals surface area contributed by atoms with E-state index < -0.39 is 10.0 Å². The van der Waals surface area contributed by atoms with Crippen LogP contribution in [-0.2, 0) is 20.6 Å². The van der Waals surface area contributed by atoms with Gasteiger partial charge in [-0.25, -0.2) is 13.1 Å². The fraction of sp³-hybridized carbons (Fsp3) is 0.562. The molecule has 0 unspecified atom stereocenters. The number of sulfonamides is 1. The van der Waals surface area contributed by atoms with Crippen molar-refractivity contribution in [3.8, 4) is 0 Å². The average molecular weight is 357 g/mol. The Morgan fingerprint density at radius 3 is 2.74 bits per heavy atom. The number of likely N-dealkylation sites (tertiary alicyclic amines) is 1. The molecule has 128 valence electrons. The third-order valence-corrected chi connectivity index (χ3v) is 5.77. The van der Waals surface area contributed by atoms with Gasteiger partial charge in [0.2, 0.25) is 15.9 Å². The molecule has 1 amide bonds. The van der Waals surface area contributed by atoms with Crippen LogP contribution < -0.4 is 4.72 Å². The van der Waals surface area contributed by atoms with Gasteiger partial charge in [-0.15, -0.1) is 11.8 Å². The summed E-state index contributed by atoms with van der Waals surface area (Å²) in [6.45, 7) is 3.09. The van der Waals surface area contributed by atoms with Gasteiger partial charge in [-0.2, -0.15) is 0 Å². The Labute approximate surface area is 142 Å². The normalized spacial score (nSPS) is 20.3. The number of carbonyl (C=O) groups is 1. The third kappa shape index (κ3) is 6.16. The SMILES string of the molecule is C[C@@H](SCc1ccccc1)C(=O)N1CCC[C@@H](NS(C)(=O)=O)C1. The van der Waals surface area contributed by atoms with Gasteiger partial charge in [-0.1, -0.05) is 30.3 Å². The zero-order valence-corrected chi connectivity index (χ0v) is 15.2. The van der Waals surface area contributed by atoms with Gasteiger partial charge in [-0.3, -0.25) is 4.79 Å². The molecule has 1 N–H and O–H groups in total. The second kappa shape index (κ2) is 8.17. The zero-order chi connectivity index (χ0) is 16.9. The number of rotatable bonds is 6. The summed E-state index contributed by atoms with van der Waals surface area (Å²) < 4.78 is 25.3. The first kappa shape index (κ1) is 18.3. The van der Waals surface area contributed by atoms with Crippen molar-refractivity contribution in [2.75, 3.05) is 19.3 Å². The van der Waals surface area contributed by atoms with E-state index in [0.29, 0.717) is 13.1 Å². The number of nitrogens with one attached hydrogen (secondary N) is 1. The molecule has 1 aromatic carbocycles. The molecule has 1 fully saturated rings. The molecule has 0 spiro atoms. The Morgan fingerprint density at radius 2 is 2.09 bits per heavy atom. The van der Waals surface area contributed by atoms with Crippen LogP contribution in [0.1, 0.15) is 25.3 Å². The molecule has 1 aliphatic rings. The Hall–Kier alpha value is -1.05. The predicted molar refractivity (Wildman–Crippen MR) is 94.8 cm³/mol. The molecule has 7 heteroatoms. The molecule has 5 nitrogen and oxygen atoms in total. The lowest BCUT2D eigenvalue weighted by Crippen LogP contribution is -2.51. The van der Waals surface area contributed by atoms with Gasteiger partial charge >= 0.3 is 0 Å². The van der Waals surface area contributed by atoms with Crippen molar-refractivity contribution in [1.82, 2.24) is 9.62 Å². The highest BCUT2D eigenvalue weighted by atomic mass is 32.2. The lowest BCUT2D eigenvalue weighted by Gasteiger charge is -2.34. The van der Waals surface area contributed by atoms with Crippen molar-refractivity contribution in [3.63, 3.8) is 0 Å². The highest BCUT2D eigenvalue weighted by Gasteiger charge is 2.28. The average Bonchev–Trinajstić information content (AvgIpc) is 2.51. The number of thioether (sulfide) groups is 1. The molecule has 2 rings (SSSR count). The van der Waals surface area contributed by atoms with Crippen LogP contribution in [0.2, 0.25) is 0 Å². The van der Waals surface area contributed by atoms with E-state index in [4.69, 9.17) is 0 Å². The monoisotopic (exact) mass is 356 g/mol. The summed E-state index contributed by atoms with van der Waals surface area (Å²) >= 11 is 1.62. The summed E-state index contributed by atoms with van der Waals surface area (Å²) in [5.41, 5.74) is 1.20. The van der Waals surface area contributed by atoms with Crippen molar-refractivity contribution < 1.29 is 13.2 Å². The van der Waals surface area contributed by atoms with Crippen LogP contribution in [0.15, 0.2) is 30.3 Å². The predicted octanol–water partition coefficient (Wildman–Crippen LogP) is 1.85. The summed E-state index contributed by atoms with van der Waals surface area (Å²) in [7, 11) is -3.23. The van der Waals surface area contributed by atoms with E-state index in [1.54, 1.807) is 16.7 Å². The van der Waals surface area contributed by atoms with E-state index in [0.717, 1.165) is 24.9 Å². The highest BCUT2D eigenvalue weighted by Crippen LogP contribution is 2.21. The molecule has 0 bridgehead atoms. The van der Waals surface area contributed by atoms with Crippen LogP contribution in [0.4, 0.5) is 0 Å². The highest BCUT2D eigenvalue weighted by molar-refractivity contribution is 7.99. The largest absolute Gasteiger partial charge is 0.340 e. The maximum absolute atomic E-state index is 12.6. The molecule has 2 atom stereocenters. The molecule has 1 aromatic rings. The zero-order valence-electron chi connectivity index (χ0n) is 13.6. The van der Waals surface area contributed by atoms with Crippen LogP contribution in [-0.4, -0.2) is 49.9 Å². The van der Waals surface area contributed by atoms with E-state index in [-0.39, 0.29) is 17.2 Å². The smallest absolute Gasteiger partial charge is 0.235 e. The minimum atomic E-state index is -3.23. The Balaban J connectivity index is 1.86. The number of amides is 1. The molecule has 0 aromatic heterocycles. The number of piperidine rings is 1. The number of hydrogen-bond acceptors (Lipinski definition) is 4. The van der Waals surface area contributed by atoms with Crippen molar-refractivity contribution >= 4 is 27.7 Å². The topological polar surface area (TPSA) is 66.5 Å². The van der Waals surface area contributed by atoms with E-state index in [1.807, 2.05) is 25.1 Å². The first-order chi connectivity index (χ1) is 10.8. The molecule has 1 aliphatic heterocycles. The standard InChI is InChI=1S/C16H24N2O3S2/c1-13(22-12-14-7-4-3-5-8-14)16(19)18-10-6-9-15(11-18)17-23(2,20)21/h3-5,7-8,13,15,17H,6,9-12H2,1-2H3/t13-,15-/m1/s1. The second-order valence-corrected chi connectivity index (χ2v) is 9.06. The first-order valence-electron chi connectivity index (χ1n) is 7.77. The number of carbonyl (C=O) groups excluding carboxylic acids is 1. The van der Waals surface area contributed by atoms with Crippen molar-refractivity contribution in [2.24, 2.45) is 0 Å². The molecule has 0 saturated carbocycles. The van der Waals surface area contributed by atoms with E-state index in [9.17, 15) is 13.2 Å². The van der Waals surface area contributed by atoms with Gasteiger partial charge in [0, 0.05) is 24.9 Å². The van der Waals surface area contributed by atoms with Crippen LogP contribution in [0, 0.1) is 0 Å². The van der Waals surface area contributed by atoms with E-state index in [2.05, 4.69) is 16.9 Å². The van der Waals surface area contributed by atoms with Crippen molar-refractivity contribution in [1.29, 1.82) is 0 Å². The van der Waals surface area contributed by atoms with Gasteiger partial charge < -0.3 is 4.90 Å². The Kier molecular flexibility index (Phi) is 6.50. The fourth-order valence-corrected chi connectivity index (χ4v) is 4.42. The van der Waals surface area contributed by atoms with Gasteiger partial charge in [0.15, 0.2) is 0 Å². The van der Waals surface area contributed by atoms with E-state index in [1.165, 1.54) is 5.56 Å². The molecule has 1 heterocycles. The number of nitrogens with zero attached hydrogens (tertiary/aromatic N) is 1. The van der Waals surface area contributed by atoms with E-state index >= 15 is 0 Å². The Bertz CT molecular complexity index is 619.